The summed E-state index contributed by atoms with van der Waals surface area (Å²) >= 11 is 8.46. The fourth-order valence-electron chi connectivity index (χ4n) is 7.12. The van der Waals surface area contributed by atoms with E-state index in [1.807, 2.05) is 6.92 Å². The molecule has 19 nitrogen and oxygen atoms in total. The standard InChI is InChI=1S/C35H39ClN8O11S2.Na/c1-15-17(13-44(8-5-6-9-44)10-7-38-28(48)16-12-42(4)19-11-20(45)27(47)22(36)21(19)26(16)46)25(32(51)52)43-30(50)24(31(43)57-15)40-29(49)23(18-14-56-34(37)39-18)41-55-35(2,3)33(53)54;/h11-12,14-15,24,31H,5-10,13H2,1-4H3,(H7-,37,38,39,40,41,45,46,47,48,49,51,52,53,54);/q;+1/t15-,24+,31+;/m0./s1. The third-order valence-corrected chi connectivity index (χ3v) is 12.8. The van der Waals surface area contributed by atoms with E-state index in [0.717, 1.165) is 29.1 Å². The molecule has 0 aliphatic carbocycles. The van der Waals surface area contributed by atoms with E-state index in [-0.39, 0.29) is 80.7 Å². The second kappa shape index (κ2) is 17.1. The van der Waals surface area contributed by atoms with Gasteiger partial charge in [0.25, 0.3) is 17.7 Å². The number of β-lactam (4-membered cyclic amide) rings is 1. The normalized spacial score (nSPS) is 20.2. The quantitative estimate of drug-likeness (QED) is 0.0251. The molecule has 2 aromatic heterocycles. The summed E-state index contributed by atoms with van der Waals surface area (Å²) in [4.78, 5) is 88.5. The molecule has 3 aliphatic rings. The van der Waals surface area contributed by atoms with Gasteiger partial charge >= 0.3 is 35.5 Å². The van der Waals surface area contributed by atoms with Gasteiger partial charge in [0.05, 0.1) is 48.1 Å². The number of hydrogen-bond donors (Lipinski definition) is 6. The number of thioether (sulfide) groups is 1. The Labute approximate surface area is 365 Å². The van der Waals surface area contributed by atoms with Gasteiger partial charge in [-0.25, -0.2) is 9.78 Å². The van der Waals surface area contributed by atoms with Crippen LogP contribution in [0.25, 0.3) is 10.9 Å². The van der Waals surface area contributed by atoms with E-state index >= 15 is 0 Å². The molecule has 58 heavy (non-hydrogen) atoms. The van der Waals surface area contributed by atoms with Gasteiger partial charge in [-0.3, -0.25) is 24.1 Å². The number of phenols is 2. The number of carboxylic acids is 2. The molecule has 6 rings (SSSR count). The number of aromatic hydroxyl groups is 2. The number of nitrogens with zero attached hydrogens (tertiary/aromatic N) is 5. The minimum Gasteiger partial charge on any atom is -0.546 e. The van der Waals surface area contributed by atoms with Gasteiger partial charge in [-0.2, -0.15) is 0 Å². The number of amides is 3. The van der Waals surface area contributed by atoms with Crippen LogP contribution in [0.15, 0.2) is 38.9 Å². The first-order chi connectivity index (χ1) is 26.8. The van der Waals surface area contributed by atoms with Crippen molar-refractivity contribution in [3.05, 3.63) is 55.4 Å². The SMILES string of the molecule is C[C@@H]1S[C@@H]2[C@H](NC(=O)/C(=N\OC(C)(C)C(=O)[O-])c3csc(N)n3)C(=O)N2C(C(=O)O)=C1C[N+]1(CCNC(=O)c2cn(C)c3cc(O)c(O)c(Cl)c3c2=O)CCCC1.[Na+]. The number of likely N-dealkylation sites (tertiary alicyclic amines) is 1. The molecular formula is C35H39ClN8NaO11S2+. The molecule has 0 saturated carbocycles. The molecule has 304 valence electrons. The predicted molar refractivity (Wildman–Crippen MR) is 206 cm³/mol. The minimum atomic E-state index is -1.92. The van der Waals surface area contributed by atoms with Crippen LogP contribution in [0.3, 0.4) is 0 Å². The number of quaternary nitrogens is 1. The molecule has 3 atom stereocenters. The van der Waals surface area contributed by atoms with Crippen LogP contribution in [0.2, 0.25) is 5.02 Å². The number of phenolic OH excluding ortho intramolecular Hbond substituents is 2. The largest absolute Gasteiger partial charge is 1.00 e. The Kier molecular flexibility index (Phi) is 13.2. The summed E-state index contributed by atoms with van der Waals surface area (Å²) < 4.78 is 1.84. The van der Waals surface area contributed by atoms with Crippen LogP contribution >= 0.6 is 34.7 Å². The number of rotatable bonds is 13. The van der Waals surface area contributed by atoms with Gasteiger partial charge in [-0.15, -0.1) is 23.1 Å². The van der Waals surface area contributed by atoms with Crippen LogP contribution < -0.4 is 56.5 Å². The zero-order chi connectivity index (χ0) is 41.7. The van der Waals surface area contributed by atoms with E-state index in [9.17, 15) is 49.2 Å². The number of nitrogen functional groups attached to an aromatic ring is 1. The van der Waals surface area contributed by atoms with E-state index in [1.165, 1.54) is 47.8 Å². The summed E-state index contributed by atoms with van der Waals surface area (Å²) in [5.74, 6) is -6.43. The maximum atomic E-state index is 13.7. The molecule has 0 spiro atoms. The number of carbonyl (C=O) groups excluding carboxylic acids is 4. The molecule has 1 aromatic carbocycles. The minimum absolute atomic E-state index is 0. The molecule has 3 aliphatic heterocycles. The number of nitrogens with two attached hydrogens (primary N) is 1. The number of hydrogen-bond acceptors (Lipinski definition) is 15. The average molecular weight is 870 g/mol. The Morgan fingerprint density at radius 2 is 1.88 bits per heavy atom. The number of pyridine rings is 1. The van der Waals surface area contributed by atoms with Crippen molar-refractivity contribution in [2.45, 2.75) is 55.9 Å². The Morgan fingerprint density at radius 3 is 2.48 bits per heavy atom. The van der Waals surface area contributed by atoms with E-state index in [1.54, 1.807) is 7.05 Å². The fourth-order valence-corrected chi connectivity index (χ4v) is 9.39. The number of carboxylic acid groups (broad SMARTS) is 2. The van der Waals surface area contributed by atoms with Gasteiger partial charge in [0, 0.05) is 48.4 Å². The number of benzene rings is 1. The average Bonchev–Trinajstić information content (AvgIpc) is 3.80. The van der Waals surface area contributed by atoms with Gasteiger partial charge in [0.15, 0.2) is 27.9 Å². The van der Waals surface area contributed by atoms with Crippen molar-refractivity contribution in [1.29, 1.82) is 0 Å². The third kappa shape index (κ3) is 8.38. The van der Waals surface area contributed by atoms with Crippen molar-refractivity contribution in [2.75, 3.05) is 38.5 Å². The molecule has 7 N–H and O–H groups in total. The Hall–Kier alpha value is -4.38. The van der Waals surface area contributed by atoms with Crippen molar-refractivity contribution >= 4 is 86.1 Å². The van der Waals surface area contributed by atoms with E-state index < -0.39 is 74.6 Å². The number of halogens is 1. The van der Waals surface area contributed by atoms with Crippen LogP contribution in [0, 0.1) is 0 Å². The maximum absolute atomic E-state index is 13.7. The maximum Gasteiger partial charge on any atom is 1.00 e. The van der Waals surface area contributed by atoms with E-state index in [4.69, 9.17) is 22.2 Å². The van der Waals surface area contributed by atoms with Crippen LogP contribution in [0.1, 0.15) is 49.7 Å². The number of fused-ring (bicyclic) bond motifs is 2. The predicted octanol–water partition coefficient (Wildman–Crippen LogP) is -2.94. The zero-order valence-electron chi connectivity index (χ0n) is 32.0. The summed E-state index contributed by atoms with van der Waals surface area (Å²) in [7, 11) is 1.56. The smallest absolute Gasteiger partial charge is 0.546 e. The monoisotopic (exact) mass is 869 g/mol. The van der Waals surface area contributed by atoms with Gasteiger partial charge < -0.3 is 55.5 Å². The number of thiazole rings is 1. The van der Waals surface area contributed by atoms with Gasteiger partial charge in [0.2, 0.25) is 5.43 Å². The second-order valence-electron chi connectivity index (χ2n) is 14.5. The van der Waals surface area contributed by atoms with E-state index in [2.05, 4.69) is 20.8 Å². The number of nitrogens with one attached hydrogen (secondary N) is 2. The number of aromatic nitrogens is 2. The van der Waals surface area contributed by atoms with Gasteiger partial charge in [0.1, 0.15) is 34.9 Å². The van der Waals surface area contributed by atoms with Crippen molar-refractivity contribution in [1.82, 2.24) is 25.1 Å². The number of aryl methyl sites for hydroxylation is 1. The van der Waals surface area contributed by atoms with Crippen molar-refractivity contribution < 1.29 is 83.3 Å². The van der Waals surface area contributed by atoms with Crippen molar-refractivity contribution in [3.63, 3.8) is 0 Å². The van der Waals surface area contributed by atoms with Crippen LogP contribution in [-0.4, -0.2) is 125 Å². The van der Waals surface area contributed by atoms with Gasteiger partial charge in [-0.1, -0.05) is 16.8 Å². The number of anilines is 1. The summed E-state index contributed by atoms with van der Waals surface area (Å²) in [5, 5.41) is 50.9. The first kappa shape index (κ1) is 44.7. The Bertz CT molecular complexity index is 2340. The molecule has 0 unspecified atom stereocenters. The molecule has 0 bridgehead atoms. The van der Waals surface area contributed by atoms with Crippen molar-refractivity contribution in [2.24, 2.45) is 12.2 Å². The molecule has 3 aromatic rings. The van der Waals surface area contributed by atoms with Crippen LogP contribution in [0.4, 0.5) is 5.13 Å². The molecule has 0 radical (unpaired) electrons. The number of oxime groups is 1. The molecule has 5 heterocycles. The van der Waals surface area contributed by atoms with E-state index in [0.29, 0.717) is 29.7 Å². The topological polar surface area (TPSA) is 279 Å². The van der Waals surface area contributed by atoms with Crippen LogP contribution in [-0.2, 0) is 31.1 Å². The fraction of sp³-hybridized carbons (Fsp3) is 0.429. The second-order valence-corrected chi connectivity index (χ2v) is 17.2. The third-order valence-electron chi connectivity index (χ3n) is 10.3. The molecule has 23 heteroatoms. The molecule has 2 saturated heterocycles. The number of carbonyl (C=O) groups is 5. The summed E-state index contributed by atoms with van der Waals surface area (Å²) in [6, 6.07) is -0.000921. The summed E-state index contributed by atoms with van der Waals surface area (Å²) in [6.07, 6.45) is 2.98. The summed E-state index contributed by atoms with van der Waals surface area (Å²) in [5.41, 5.74) is 2.89. The van der Waals surface area contributed by atoms with Crippen LogP contribution in [0.5, 0.6) is 11.5 Å². The molecule has 3 amide bonds. The first-order valence-electron chi connectivity index (χ1n) is 17.6. The Morgan fingerprint density at radius 1 is 1.21 bits per heavy atom. The van der Waals surface area contributed by atoms with Crippen molar-refractivity contribution in [3.8, 4) is 11.5 Å². The summed E-state index contributed by atoms with van der Waals surface area (Å²) in [6.45, 7) is 6.21. The molecule has 2 fully saturated rings. The molecular weight excluding hydrogens is 831 g/mol. The van der Waals surface area contributed by atoms with Gasteiger partial charge in [-0.05, 0) is 20.8 Å². The first-order valence-corrected chi connectivity index (χ1v) is 19.8. The number of aliphatic carboxylic acids is 2. The zero-order valence-corrected chi connectivity index (χ0v) is 36.4. The Balaban J connectivity index is 0.00000641.